The molecule has 78 valence electrons. The van der Waals surface area contributed by atoms with Crippen LogP contribution in [-0.4, -0.2) is 23.4 Å². The molecule has 2 aliphatic heterocycles. The van der Waals surface area contributed by atoms with Crippen LogP contribution in [0.3, 0.4) is 0 Å². The van der Waals surface area contributed by atoms with Crippen LogP contribution in [0.4, 0.5) is 0 Å². The molecule has 0 unspecified atom stereocenters. The second-order valence-electron chi connectivity index (χ2n) is 4.48. The van der Waals surface area contributed by atoms with E-state index >= 15 is 0 Å². The second-order valence-corrected chi connectivity index (χ2v) is 4.48. The Kier molecular flexibility index (Phi) is 2.01. The fourth-order valence-electron chi connectivity index (χ4n) is 2.86. The van der Waals surface area contributed by atoms with E-state index in [0.29, 0.717) is 11.9 Å². The summed E-state index contributed by atoms with van der Waals surface area (Å²) in [6, 6.07) is 10.7. The quantitative estimate of drug-likeness (QED) is 0.638. The molecule has 2 saturated heterocycles. The summed E-state index contributed by atoms with van der Waals surface area (Å²) in [6.45, 7) is 0.979. The van der Waals surface area contributed by atoms with E-state index in [9.17, 15) is 4.79 Å². The minimum Gasteiger partial charge on any atom is -0.338 e. The summed E-state index contributed by atoms with van der Waals surface area (Å²) in [4.78, 5) is 14.0. The van der Waals surface area contributed by atoms with Gasteiger partial charge in [-0.15, -0.1) is 0 Å². The highest BCUT2D eigenvalue weighted by Gasteiger charge is 2.48. The van der Waals surface area contributed by atoms with Crippen LogP contribution in [0.15, 0.2) is 30.3 Å². The highest BCUT2D eigenvalue weighted by atomic mass is 16.2. The average Bonchev–Trinajstić information content (AvgIpc) is 2.30. The first kappa shape index (κ1) is 8.96. The molecule has 2 atom stereocenters. The van der Waals surface area contributed by atoms with E-state index in [1.165, 1.54) is 24.8 Å². The SMILES string of the molecule is O=C1[C@H](c2ccccc2)[C@H]2CCCCN12. The van der Waals surface area contributed by atoms with Crippen LogP contribution in [0.25, 0.3) is 0 Å². The molecule has 0 N–H and O–H groups in total. The summed E-state index contributed by atoms with van der Waals surface area (Å²) < 4.78 is 0. The molecule has 1 amide bonds. The smallest absolute Gasteiger partial charge is 0.232 e. The van der Waals surface area contributed by atoms with Gasteiger partial charge in [-0.05, 0) is 24.8 Å². The Balaban J connectivity index is 1.86. The van der Waals surface area contributed by atoms with Crippen molar-refractivity contribution in [1.82, 2.24) is 4.90 Å². The Morgan fingerprint density at radius 2 is 1.93 bits per heavy atom. The van der Waals surface area contributed by atoms with Crippen molar-refractivity contribution in [2.45, 2.75) is 31.2 Å². The molecule has 3 rings (SSSR count). The van der Waals surface area contributed by atoms with Gasteiger partial charge in [0.25, 0.3) is 0 Å². The molecular weight excluding hydrogens is 186 g/mol. The minimum absolute atomic E-state index is 0.159. The minimum atomic E-state index is 0.159. The van der Waals surface area contributed by atoms with E-state index in [0.717, 1.165) is 6.54 Å². The summed E-state index contributed by atoms with van der Waals surface area (Å²) in [5, 5.41) is 0. The van der Waals surface area contributed by atoms with E-state index in [4.69, 9.17) is 0 Å². The molecule has 0 spiro atoms. The number of benzene rings is 1. The molecule has 2 aliphatic rings. The molecule has 0 aliphatic carbocycles. The third-order valence-electron chi connectivity index (χ3n) is 3.64. The fourth-order valence-corrected chi connectivity index (χ4v) is 2.86. The van der Waals surface area contributed by atoms with Crippen molar-refractivity contribution in [2.75, 3.05) is 6.54 Å². The second kappa shape index (κ2) is 3.37. The van der Waals surface area contributed by atoms with Gasteiger partial charge in [-0.25, -0.2) is 0 Å². The number of hydrogen-bond donors (Lipinski definition) is 0. The lowest BCUT2D eigenvalue weighted by Gasteiger charge is -2.50. The van der Waals surface area contributed by atoms with Crippen molar-refractivity contribution in [3.63, 3.8) is 0 Å². The fraction of sp³-hybridized carbons (Fsp3) is 0.462. The Labute approximate surface area is 89.9 Å². The Morgan fingerprint density at radius 1 is 1.13 bits per heavy atom. The monoisotopic (exact) mass is 201 g/mol. The van der Waals surface area contributed by atoms with Gasteiger partial charge in [0.2, 0.25) is 5.91 Å². The molecule has 1 aromatic rings. The summed E-state index contributed by atoms with van der Waals surface area (Å²) in [6.07, 6.45) is 3.65. The number of carbonyl (C=O) groups is 1. The number of piperidine rings is 1. The molecule has 2 heterocycles. The summed E-state index contributed by atoms with van der Waals surface area (Å²) in [5.41, 5.74) is 1.20. The maximum absolute atomic E-state index is 11.9. The van der Waals surface area contributed by atoms with Crippen LogP contribution in [0.5, 0.6) is 0 Å². The lowest BCUT2D eigenvalue weighted by atomic mass is 9.77. The highest BCUT2D eigenvalue weighted by molar-refractivity contribution is 5.91. The van der Waals surface area contributed by atoms with Gasteiger partial charge in [-0.2, -0.15) is 0 Å². The topological polar surface area (TPSA) is 20.3 Å². The Hall–Kier alpha value is -1.31. The van der Waals surface area contributed by atoms with Crippen molar-refractivity contribution in [1.29, 1.82) is 0 Å². The van der Waals surface area contributed by atoms with Gasteiger partial charge in [0.15, 0.2) is 0 Å². The number of nitrogens with zero attached hydrogens (tertiary/aromatic N) is 1. The molecular formula is C13H15NO. The number of rotatable bonds is 1. The largest absolute Gasteiger partial charge is 0.338 e. The van der Waals surface area contributed by atoms with E-state index in [2.05, 4.69) is 17.0 Å². The number of amides is 1. The van der Waals surface area contributed by atoms with Gasteiger partial charge in [-0.3, -0.25) is 4.79 Å². The zero-order valence-electron chi connectivity index (χ0n) is 8.73. The molecule has 0 radical (unpaired) electrons. The number of β-lactam (4-membered cyclic amide) rings is 1. The first-order valence-electron chi connectivity index (χ1n) is 5.73. The number of hydrogen-bond acceptors (Lipinski definition) is 1. The predicted octanol–water partition coefficient (Wildman–Crippen LogP) is 2.16. The van der Waals surface area contributed by atoms with Crippen LogP contribution in [0.1, 0.15) is 30.7 Å². The van der Waals surface area contributed by atoms with Crippen molar-refractivity contribution in [3.05, 3.63) is 35.9 Å². The maximum Gasteiger partial charge on any atom is 0.232 e. The first-order valence-corrected chi connectivity index (χ1v) is 5.73. The van der Waals surface area contributed by atoms with Crippen molar-refractivity contribution >= 4 is 5.91 Å². The maximum atomic E-state index is 11.9. The standard InChI is InChI=1S/C13H15NO/c15-13-12(10-6-2-1-3-7-10)11-8-4-5-9-14(11)13/h1-3,6-7,11-12H,4-5,8-9H2/t11-,12-/m1/s1. The summed E-state index contributed by atoms with van der Waals surface area (Å²) in [5.74, 6) is 0.498. The van der Waals surface area contributed by atoms with E-state index < -0.39 is 0 Å². The molecule has 2 nitrogen and oxygen atoms in total. The molecule has 0 saturated carbocycles. The number of fused-ring (bicyclic) bond motifs is 1. The Morgan fingerprint density at radius 3 is 2.73 bits per heavy atom. The molecule has 0 aromatic heterocycles. The van der Waals surface area contributed by atoms with Crippen LogP contribution < -0.4 is 0 Å². The molecule has 2 heteroatoms. The van der Waals surface area contributed by atoms with Crippen LogP contribution in [0.2, 0.25) is 0 Å². The van der Waals surface area contributed by atoms with Gasteiger partial charge in [0.1, 0.15) is 0 Å². The summed E-state index contributed by atoms with van der Waals surface area (Å²) >= 11 is 0. The lowest BCUT2D eigenvalue weighted by Crippen LogP contribution is -2.60. The third kappa shape index (κ3) is 1.28. The zero-order chi connectivity index (χ0) is 10.3. The van der Waals surface area contributed by atoms with Gasteiger partial charge in [-0.1, -0.05) is 30.3 Å². The summed E-state index contributed by atoms with van der Waals surface area (Å²) in [7, 11) is 0. The van der Waals surface area contributed by atoms with Crippen molar-refractivity contribution < 1.29 is 4.79 Å². The molecule has 1 aromatic carbocycles. The Bertz CT molecular complexity index is 373. The lowest BCUT2D eigenvalue weighted by molar-refractivity contribution is -0.152. The van der Waals surface area contributed by atoms with E-state index in [-0.39, 0.29) is 5.92 Å². The van der Waals surface area contributed by atoms with Crippen LogP contribution in [-0.2, 0) is 4.79 Å². The molecule has 2 fully saturated rings. The number of carbonyl (C=O) groups excluding carboxylic acids is 1. The van der Waals surface area contributed by atoms with Crippen LogP contribution in [0, 0.1) is 0 Å². The van der Waals surface area contributed by atoms with Gasteiger partial charge < -0.3 is 4.90 Å². The van der Waals surface area contributed by atoms with Gasteiger partial charge in [0, 0.05) is 12.6 Å². The normalized spacial score (nSPS) is 29.6. The third-order valence-corrected chi connectivity index (χ3v) is 3.64. The van der Waals surface area contributed by atoms with E-state index in [1.54, 1.807) is 0 Å². The molecule has 0 bridgehead atoms. The molecule has 15 heavy (non-hydrogen) atoms. The van der Waals surface area contributed by atoms with Gasteiger partial charge >= 0.3 is 0 Å². The van der Waals surface area contributed by atoms with E-state index in [1.807, 2.05) is 18.2 Å². The van der Waals surface area contributed by atoms with Gasteiger partial charge in [0.05, 0.1) is 5.92 Å². The predicted molar refractivity (Wildman–Crippen MR) is 58.5 cm³/mol. The van der Waals surface area contributed by atoms with Crippen molar-refractivity contribution in [2.24, 2.45) is 0 Å². The zero-order valence-corrected chi connectivity index (χ0v) is 8.73. The van der Waals surface area contributed by atoms with Crippen molar-refractivity contribution in [3.8, 4) is 0 Å². The average molecular weight is 201 g/mol. The highest BCUT2D eigenvalue weighted by Crippen LogP contribution is 2.40. The first-order chi connectivity index (χ1) is 7.38. The van der Waals surface area contributed by atoms with Crippen LogP contribution >= 0.6 is 0 Å².